The van der Waals surface area contributed by atoms with E-state index in [1.807, 2.05) is 0 Å². The molecule has 0 radical (unpaired) electrons. The molecule has 1 aliphatic carbocycles. The van der Waals surface area contributed by atoms with E-state index in [4.69, 9.17) is 5.14 Å². The molecule has 6 nitrogen and oxygen atoms in total. The summed E-state index contributed by atoms with van der Waals surface area (Å²) in [7, 11) is -3.61. The van der Waals surface area contributed by atoms with Crippen molar-refractivity contribution in [2.24, 2.45) is 5.14 Å². The van der Waals surface area contributed by atoms with Gasteiger partial charge in [0.1, 0.15) is 0 Å². The SMILES string of the molecule is NS(=O)(=O)NCCCC(=O)NC1CC1. The fraction of sp³-hybridized carbons (Fsp3) is 0.857. The second-order valence-corrected chi connectivity index (χ2v) is 4.76. The molecule has 0 aromatic carbocycles. The molecule has 14 heavy (non-hydrogen) atoms. The van der Waals surface area contributed by atoms with Gasteiger partial charge < -0.3 is 5.32 Å². The Hall–Kier alpha value is -0.660. The minimum absolute atomic E-state index is 0.0243. The van der Waals surface area contributed by atoms with Gasteiger partial charge in [0.2, 0.25) is 5.91 Å². The van der Waals surface area contributed by atoms with Crippen LogP contribution in [0.2, 0.25) is 0 Å². The van der Waals surface area contributed by atoms with E-state index in [1.165, 1.54) is 0 Å². The van der Waals surface area contributed by atoms with Crippen LogP contribution in [0.1, 0.15) is 25.7 Å². The quantitative estimate of drug-likeness (QED) is 0.493. The third kappa shape index (κ3) is 5.90. The van der Waals surface area contributed by atoms with Gasteiger partial charge in [0, 0.05) is 19.0 Å². The first kappa shape index (κ1) is 11.4. The largest absolute Gasteiger partial charge is 0.353 e. The molecular weight excluding hydrogens is 206 g/mol. The molecule has 0 aromatic rings. The fourth-order valence-corrected chi connectivity index (χ4v) is 1.42. The highest BCUT2D eigenvalue weighted by Gasteiger charge is 2.22. The van der Waals surface area contributed by atoms with Gasteiger partial charge in [-0.3, -0.25) is 4.79 Å². The van der Waals surface area contributed by atoms with Crippen LogP contribution in [0.15, 0.2) is 0 Å². The van der Waals surface area contributed by atoms with E-state index in [0.717, 1.165) is 12.8 Å². The summed E-state index contributed by atoms with van der Waals surface area (Å²) in [5.41, 5.74) is 0. The highest BCUT2D eigenvalue weighted by Crippen LogP contribution is 2.18. The smallest absolute Gasteiger partial charge is 0.274 e. The van der Waals surface area contributed by atoms with Gasteiger partial charge in [0.05, 0.1) is 0 Å². The second-order valence-electron chi connectivity index (χ2n) is 3.38. The summed E-state index contributed by atoms with van der Waals surface area (Å²) in [6, 6.07) is 0.355. The summed E-state index contributed by atoms with van der Waals surface area (Å²) in [5.74, 6) is -0.0243. The fourth-order valence-electron chi connectivity index (χ4n) is 0.991. The van der Waals surface area contributed by atoms with Crippen molar-refractivity contribution in [1.29, 1.82) is 0 Å². The zero-order valence-corrected chi connectivity index (χ0v) is 8.64. The van der Waals surface area contributed by atoms with Gasteiger partial charge in [0.15, 0.2) is 0 Å². The van der Waals surface area contributed by atoms with Crippen molar-refractivity contribution in [3.63, 3.8) is 0 Å². The Bertz CT molecular complexity index is 297. The Balaban J connectivity index is 2.00. The third-order valence-corrected chi connectivity index (χ3v) is 2.43. The lowest BCUT2D eigenvalue weighted by molar-refractivity contribution is -0.121. The average molecular weight is 221 g/mol. The number of carbonyl (C=O) groups excluding carboxylic acids is 1. The highest BCUT2D eigenvalue weighted by atomic mass is 32.2. The molecule has 0 atom stereocenters. The maximum Gasteiger partial charge on any atom is 0.274 e. The molecule has 0 unspecified atom stereocenters. The van der Waals surface area contributed by atoms with Crippen molar-refractivity contribution in [2.75, 3.05) is 6.54 Å². The summed E-state index contributed by atoms with van der Waals surface area (Å²) < 4.78 is 23.0. The van der Waals surface area contributed by atoms with Crippen LogP contribution in [0.5, 0.6) is 0 Å². The Morgan fingerprint density at radius 2 is 2.07 bits per heavy atom. The number of nitrogens with one attached hydrogen (secondary N) is 2. The first-order chi connectivity index (χ1) is 6.47. The summed E-state index contributed by atoms with van der Waals surface area (Å²) >= 11 is 0. The molecule has 0 bridgehead atoms. The molecule has 1 aliphatic rings. The summed E-state index contributed by atoms with van der Waals surface area (Å²) in [4.78, 5) is 11.1. The molecule has 1 fully saturated rings. The molecule has 0 spiro atoms. The molecule has 0 saturated heterocycles. The van der Waals surface area contributed by atoms with Crippen molar-refractivity contribution >= 4 is 16.1 Å². The Morgan fingerprint density at radius 3 is 2.57 bits per heavy atom. The minimum atomic E-state index is -3.61. The number of hydrogen-bond acceptors (Lipinski definition) is 3. The number of carbonyl (C=O) groups is 1. The number of amides is 1. The molecule has 1 rings (SSSR count). The van der Waals surface area contributed by atoms with Crippen molar-refractivity contribution in [3.8, 4) is 0 Å². The van der Waals surface area contributed by atoms with Crippen LogP contribution in [-0.2, 0) is 15.0 Å². The van der Waals surface area contributed by atoms with Gasteiger partial charge in [-0.2, -0.15) is 8.42 Å². The molecule has 1 saturated carbocycles. The molecule has 1 amide bonds. The monoisotopic (exact) mass is 221 g/mol. The van der Waals surface area contributed by atoms with Crippen molar-refractivity contribution in [2.45, 2.75) is 31.7 Å². The van der Waals surface area contributed by atoms with Gasteiger partial charge in [0.25, 0.3) is 10.2 Å². The van der Waals surface area contributed by atoms with Crippen LogP contribution in [0.25, 0.3) is 0 Å². The van der Waals surface area contributed by atoms with E-state index in [2.05, 4.69) is 10.0 Å². The van der Waals surface area contributed by atoms with E-state index in [1.54, 1.807) is 0 Å². The van der Waals surface area contributed by atoms with Crippen LogP contribution >= 0.6 is 0 Å². The van der Waals surface area contributed by atoms with Crippen LogP contribution in [-0.4, -0.2) is 26.9 Å². The Labute approximate surface area is 83.4 Å². The van der Waals surface area contributed by atoms with Gasteiger partial charge in [-0.1, -0.05) is 0 Å². The number of nitrogens with two attached hydrogens (primary N) is 1. The van der Waals surface area contributed by atoms with Crippen molar-refractivity contribution in [1.82, 2.24) is 10.0 Å². The van der Waals surface area contributed by atoms with E-state index >= 15 is 0 Å². The normalized spacial score (nSPS) is 16.6. The lowest BCUT2D eigenvalue weighted by Crippen LogP contribution is -2.32. The topological polar surface area (TPSA) is 101 Å². The lowest BCUT2D eigenvalue weighted by Gasteiger charge is -2.03. The zero-order valence-electron chi connectivity index (χ0n) is 7.82. The predicted octanol–water partition coefficient (Wildman–Crippen LogP) is -1.16. The standard InChI is InChI=1S/C7H15N3O3S/c8-14(12,13)9-5-1-2-7(11)10-6-3-4-6/h6,9H,1-5H2,(H,10,11)(H2,8,12,13). The van der Waals surface area contributed by atoms with E-state index < -0.39 is 10.2 Å². The molecule has 7 heteroatoms. The van der Waals surface area contributed by atoms with Crippen LogP contribution in [0.4, 0.5) is 0 Å². The van der Waals surface area contributed by atoms with Crippen LogP contribution in [0, 0.1) is 0 Å². The van der Waals surface area contributed by atoms with Crippen molar-refractivity contribution in [3.05, 3.63) is 0 Å². The molecule has 0 aromatic heterocycles. The zero-order chi connectivity index (χ0) is 10.6. The van der Waals surface area contributed by atoms with Crippen LogP contribution < -0.4 is 15.2 Å². The molecule has 82 valence electrons. The number of rotatable bonds is 6. The van der Waals surface area contributed by atoms with Gasteiger partial charge in [-0.05, 0) is 19.3 Å². The van der Waals surface area contributed by atoms with Gasteiger partial charge >= 0.3 is 0 Å². The summed E-state index contributed by atoms with van der Waals surface area (Å²) in [5, 5.41) is 7.51. The maximum absolute atomic E-state index is 11.1. The summed E-state index contributed by atoms with van der Waals surface area (Å²) in [6.07, 6.45) is 2.91. The van der Waals surface area contributed by atoms with E-state index in [9.17, 15) is 13.2 Å². The molecule has 0 heterocycles. The Kier molecular flexibility index (Phi) is 3.85. The highest BCUT2D eigenvalue weighted by molar-refractivity contribution is 7.87. The second kappa shape index (κ2) is 4.72. The van der Waals surface area contributed by atoms with Gasteiger partial charge in [-0.25, -0.2) is 9.86 Å². The molecular formula is C7H15N3O3S. The van der Waals surface area contributed by atoms with Gasteiger partial charge in [-0.15, -0.1) is 0 Å². The van der Waals surface area contributed by atoms with E-state index in [-0.39, 0.29) is 12.5 Å². The number of hydrogen-bond donors (Lipinski definition) is 3. The predicted molar refractivity (Wildman–Crippen MR) is 51.5 cm³/mol. The molecule has 4 N–H and O–H groups in total. The average Bonchev–Trinajstić information content (AvgIpc) is 2.80. The Morgan fingerprint density at radius 1 is 1.43 bits per heavy atom. The minimum Gasteiger partial charge on any atom is -0.353 e. The van der Waals surface area contributed by atoms with E-state index in [0.29, 0.717) is 18.9 Å². The summed E-state index contributed by atoms with van der Waals surface area (Å²) in [6.45, 7) is 0.205. The first-order valence-electron chi connectivity index (χ1n) is 4.54. The maximum atomic E-state index is 11.1. The first-order valence-corrected chi connectivity index (χ1v) is 6.09. The van der Waals surface area contributed by atoms with Crippen LogP contribution in [0.3, 0.4) is 0 Å². The lowest BCUT2D eigenvalue weighted by atomic mass is 10.3. The molecule has 0 aliphatic heterocycles. The third-order valence-electron chi connectivity index (χ3n) is 1.83. The van der Waals surface area contributed by atoms with Crippen molar-refractivity contribution < 1.29 is 13.2 Å².